The minimum absolute atomic E-state index is 0.160. The summed E-state index contributed by atoms with van der Waals surface area (Å²) >= 11 is 0. The minimum Gasteiger partial charge on any atom is -0.369 e. The second-order valence-corrected chi connectivity index (χ2v) is 13.0. The Morgan fingerprint density at radius 2 is 1.77 bits per heavy atom. The molecule has 1 fully saturated rings. The van der Waals surface area contributed by atoms with E-state index in [1.807, 2.05) is 65.4 Å². The van der Waals surface area contributed by atoms with Crippen molar-refractivity contribution in [3.8, 4) is 0 Å². The van der Waals surface area contributed by atoms with Crippen molar-refractivity contribution in [2.24, 2.45) is 0 Å². The zero-order valence-electron chi connectivity index (χ0n) is 24.7. The number of alkyl halides is 1. The van der Waals surface area contributed by atoms with E-state index in [2.05, 4.69) is 37.2 Å². The molecule has 1 unspecified atom stereocenters. The van der Waals surface area contributed by atoms with Gasteiger partial charge in [0.15, 0.2) is 0 Å². The normalized spacial score (nSPS) is 15.9. The van der Waals surface area contributed by atoms with Crippen molar-refractivity contribution in [1.29, 1.82) is 0 Å². The number of hydrogen-bond donors (Lipinski definition) is 1. The van der Waals surface area contributed by atoms with E-state index in [1.165, 1.54) is 16.9 Å². The molecule has 12 heteroatoms. The molecule has 0 spiro atoms. The first-order valence-corrected chi connectivity index (χ1v) is 16.3. The van der Waals surface area contributed by atoms with Crippen LogP contribution in [0.25, 0.3) is 11.0 Å². The molecule has 4 heterocycles. The van der Waals surface area contributed by atoms with Crippen molar-refractivity contribution in [2.45, 2.75) is 19.1 Å². The van der Waals surface area contributed by atoms with Crippen LogP contribution in [0.2, 0.25) is 0 Å². The average molecular weight is 615 g/mol. The third-order valence-electron chi connectivity index (χ3n) is 8.01. The highest BCUT2D eigenvalue weighted by atomic mass is 32.2. The van der Waals surface area contributed by atoms with Crippen LogP contribution in [0.4, 0.5) is 27.5 Å². The fraction of sp³-hybridized carbons (Fsp3) is 0.281. The standard InChI is InChI=1S/C32H35FN8O2S/c1-38(44(2,42)43)30-26(9-6-15-34-30)22-41-16-14-25-20-35-32(37-31(25)41)36-27-10-12-28(13-11-27)40-18-17-39(29(19-33)23-40)21-24-7-4-3-5-8-24/h3-16,20,29H,17-19,21-23H2,1-2H3,(H,35,36,37). The maximum absolute atomic E-state index is 14.0. The van der Waals surface area contributed by atoms with E-state index in [-0.39, 0.29) is 12.7 Å². The van der Waals surface area contributed by atoms with Gasteiger partial charge in [-0.25, -0.2) is 22.8 Å². The lowest BCUT2D eigenvalue weighted by Crippen LogP contribution is -2.53. The van der Waals surface area contributed by atoms with Gasteiger partial charge < -0.3 is 14.8 Å². The van der Waals surface area contributed by atoms with Gasteiger partial charge in [-0.3, -0.25) is 9.21 Å². The van der Waals surface area contributed by atoms with Crippen LogP contribution >= 0.6 is 0 Å². The van der Waals surface area contributed by atoms with Gasteiger partial charge in [-0.1, -0.05) is 36.4 Å². The number of pyridine rings is 1. The summed E-state index contributed by atoms with van der Waals surface area (Å²) in [5.74, 6) is 0.816. The molecule has 0 amide bonds. The third kappa shape index (κ3) is 6.51. The molecule has 1 N–H and O–H groups in total. The van der Waals surface area contributed by atoms with Gasteiger partial charge in [-0.2, -0.15) is 4.98 Å². The van der Waals surface area contributed by atoms with Crippen molar-refractivity contribution in [2.75, 3.05) is 54.1 Å². The highest BCUT2D eigenvalue weighted by molar-refractivity contribution is 7.92. The summed E-state index contributed by atoms with van der Waals surface area (Å²) in [5.41, 5.74) is 4.54. The van der Waals surface area contributed by atoms with Gasteiger partial charge in [-0.05, 0) is 42.0 Å². The quantitative estimate of drug-likeness (QED) is 0.242. The first-order chi connectivity index (χ1) is 21.3. The van der Waals surface area contributed by atoms with Gasteiger partial charge in [0.2, 0.25) is 16.0 Å². The van der Waals surface area contributed by atoms with Crippen LogP contribution in [0.5, 0.6) is 0 Å². The number of sulfonamides is 1. The van der Waals surface area contributed by atoms with Crippen molar-refractivity contribution < 1.29 is 12.8 Å². The SMILES string of the molecule is CN(c1ncccc1Cn1ccc2cnc(Nc3ccc(N4CCN(Cc5ccccc5)C(CF)C4)cc3)nc21)S(C)(=O)=O. The zero-order chi connectivity index (χ0) is 30.7. The Hall–Kier alpha value is -4.55. The van der Waals surface area contributed by atoms with Crippen LogP contribution in [-0.4, -0.2) is 78.5 Å². The number of aromatic nitrogens is 4. The van der Waals surface area contributed by atoms with Crippen LogP contribution in [0.1, 0.15) is 11.1 Å². The number of halogens is 1. The van der Waals surface area contributed by atoms with Gasteiger partial charge >= 0.3 is 0 Å². The lowest BCUT2D eigenvalue weighted by molar-refractivity contribution is 0.141. The Morgan fingerprint density at radius 1 is 0.977 bits per heavy atom. The summed E-state index contributed by atoms with van der Waals surface area (Å²) in [6.45, 7) is 3.00. The van der Waals surface area contributed by atoms with Crippen LogP contribution in [0.3, 0.4) is 0 Å². The maximum atomic E-state index is 14.0. The van der Waals surface area contributed by atoms with E-state index < -0.39 is 10.0 Å². The van der Waals surface area contributed by atoms with E-state index in [0.717, 1.165) is 48.2 Å². The van der Waals surface area contributed by atoms with Crippen molar-refractivity contribution in [3.63, 3.8) is 0 Å². The number of nitrogens with zero attached hydrogens (tertiary/aromatic N) is 7. The largest absolute Gasteiger partial charge is 0.369 e. The smallest absolute Gasteiger partial charge is 0.233 e. The molecule has 44 heavy (non-hydrogen) atoms. The molecule has 0 aliphatic carbocycles. The van der Waals surface area contributed by atoms with Crippen LogP contribution in [0.15, 0.2) is 91.4 Å². The predicted molar refractivity (Wildman–Crippen MR) is 173 cm³/mol. The van der Waals surface area contributed by atoms with Crippen LogP contribution in [-0.2, 0) is 23.1 Å². The van der Waals surface area contributed by atoms with Gasteiger partial charge in [0.05, 0.1) is 18.8 Å². The molecular weight excluding hydrogens is 579 g/mol. The predicted octanol–water partition coefficient (Wildman–Crippen LogP) is 4.67. The summed E-state index contributed by atoms with van der Waals surface area (Å²) in [7, 11) is -1.97. The average Bonchev–Trinajstić information content (AvgIpc) is 3.43. The molecule has 1 aliphatic rings. The monoisotopic (exact) mass is 614 g/mol. The molecule has 3 aromatic heterocycles. The number of nitrogens with one attached hydrogen (secondary N) is 1. The molecule has 0 bridgehead atoms. The summed E-state index contributed by atoms with van der Waals surface area (Å²) in [6.07, 6.45) is 6.39. The van der Waals surface area contributed by atoms with E-state index in [0.29, 0.717) is 30.5 Å². The molecule has 228 valence electrons. The number of benzene rings is 2. The second-order valence-electron chi connectivity index (χ2n) is 11.0. The Kier molecular flexibility index (Phi) is 8.45. The molecule has 1 atom stereocenters. The maximum Gasteiger partial charge on any atom is 0.233 e. The second kappa shape index (κ2) is 12.6. The first kappa shape index (κ1) is 29.5. The lowest BCUT2D eigenvalue weighted by Gasteiger charge is -2.41. The summed E-state index contributed by atoms with van der Waals surface area (Å²) in [5, 5.41) is 4.15. The van der Waals surface area contributed by atoms with Gasteiger partial charge in [-0.15, -0.1) is 0 Å². The fourth-order valence-electron chi connectivity index (χ4n) is 5.52. The molecular formula is C32H35FN8O2S. The number of rotatable bonds is 10. The molecule has 0 radical (unpaired) electrons. The highest BCUT2D eigenvalue weighted by Gasteiger charge is 2.27. The fourth-order valence-corrected chi connectivity index (χ4v) is 6.00. The van der Waals surface area contributed by atoms with E-state index in [1.54, 1.807) is 18.5 Å². The molecule has 2 aromatic carbocycles. The molecule has 6 rings (SSSR count). The Labute approximate surface area is 256 Å². The zero-order valence-corrected chi connectivity index (χ0v) is 25.5. The van der Waals surface area contributed by atoms with Crippen molar-refractivity contribution >= 4 is 44.2 Å². The van der Waals surface area contributed by atoms with Gasteiger partial charge in [0.1, 0.15) is 18.1 Å². The Balaban J connectivity index is 1.14. The minimum atomic E-state index is -3.47. The number of anilines is 4. The summed E-state index contributed by atoms with van der Waals surface area (Å²) < 4.78 is 41.5. The van der Waals surface area contributed by atoms with Crippen molar-refractivity contribution in [3.05, 3.63) is 103 Å². The summed E-state index contributed by atoms with van der Waals surface area (Å²) in [6, 6.07) is 23.6. The Morgan fingerprint density at radius 3 is 2.52 bits per heavy atom. The number of fused-ring (bicyclic) bond motifs is 1. The van der Waals surface area contributed by atoms with Crippen LogP contribution in [0, 0.1) is 0 Å². The first-order valence-electron chi connectivity index (χ1n) is 14.4. The third-order valence-corrected chi connectivity index (χ3v) is 9.17. The Bertz CT molecular complexity index is 1830. The highest BCUT2D eigenvalue weighted by Crippen LogP contribution is 2.26. The number of hydrogen-bond acceptors (Lipinski definition) is 8. The number of piperazine rings is 1. The van der Waals surface area contributed by atoms with E-state index >= 15 is 0 Å². The van der Waals surface area contributed by atoms with Gasteiger partial charge in [0.25, 0.3) is 0 Å². The van der Waals surface area contributed by atoms with E-state index in [9.17, 15) is 12.8 Å². The topological polar surface area (TPSA) is 99.5 Å². The molecule has 0 saturated carbocycles. The van der Waals surface area contributed by atoms with Gasteiger partial charge in [0, 0.05) is 74.1 Å². The molecule has 5 aromatic rings. The lowest BCUT2D eigenvalue weighted by atomic mass is 10.1. The molecule has 10 nitrogen and oxygen atoms in total. The van der Waals surface area contributed by atoms with Crippen LogP contribution < -0.4 is 14.5 Å². The molecule has 1 aliphatic heterocycles. The molecule has 1 saturated heterocycles. The van der Waals surface area contributed by atoms with E-state index in [4.69, 9.17) is 4.98 Å². The summed E-state index contributed by atoms with van der Waals surface area (Å²) in [4.78, 5) is 18.0. The van der Waals surface area contributed by atoms with Crippen molar-refractivity contribution in [1.82, 2.24) is 24.4 Å².